The predicted octanol–water partition coefficient (Wildman–Crippen LogP) is 4.31. The lowest BCUT2D eigenvalue weighted by Crippen LogP contribution is -2.37. The highest BCUT2D eigenvalue weighted by Gasteiger charge is 2.39. The lowest BCUT2D eigenvalue weighted by molar-refractivity contribution is -0.137. The van der Waals surface area contributed by atoms with Gasteiger partial charge < -0.3 is 10.2 Å². The number of nitrogens with zero attached hydrogens (tertiary/aromatic N) is 2. The largest absolute Gasteiger partial charge is 0.416 e. The standard InChI is InChI=1S/C12H13ClF3NO3S.C7H4ClNS/c13-9-5-8(12(14,15)16)1-2-10(9)21(20)17-4-3-11(19,6-17)7-18;8-7-3-6(10)2-1-5(7)4-9/h1-2,5,18-19H,3-4,6-7H2;1-3,10H. The first-order valence-electron chi connectivity index (χ1n) is 8.65. The van der Waals surface area contributed by atoms with Crippen molar-refractivity contribution in [1.82, 2.24) is 4.31 Å². The van der Waals surface area contributed by atoms with Gasteiger partial charge in [-0.1, -0.05) is 23.2 Å². The fraction of sp³-hybridized carbons (Fsp3) is 0.316. The van der Waals surface area contributed by atoms with Crippen LogP contribution >= 0.6 is 35.8 Å². The second kappa shape index (κ2) is 10.5. The fourth-order valence-electron chi connectivity index (χ4n) is 2.64. The van der Waals surface area contributed by atoms with Gasteiger partial charge in [0, 0.05) is 18.0 Å². The molecule has 0 aliphatic carbocycles. The summed E-state index contributed by atoms with van der Waals surface area (Å²) < 4.78 is 51.3. The third-order valence-electron chi connectivity index (χ3n) is 4.35. The van der Waals surface area contributed by atoms with Crippen molar-refractivity contribution in [3.8, 4) is 6.07 Å². The van der Waals surface area contributed by atoms with Gasteiger partial charge >= 0.3 is 6.18 Å². The molecule has 2 aromatic rings. The van der Waals surface area contributed by atoms with E-state index in [0.29, 0.717) is 10.6 Å². The molecule has 0 aromatic heterocycles. The van der Waals surface area contributed by atoms with E-state index < -0.39 is 34.9 Å². The van der Waals surface area contributed by atoms with Gasteiger partial charge in [0.2, 0.25) is 0 Å². The molecule has 0 spiro atoms. The Morgan fingerprint density at radius 2 is 1.90 bits per heavy atom. The van der Waals surface area contributed by atoms with E-state index in [1.54, 1.807) is 18.2 Å². The summed E-state index contributed by atoms with van der Waals surface area (Å²) >= 11 is 15.5. The average molecular weight is 513 g/mol. The fourth-order valence-corrected chi connectivity index (χ4v) is 4.83. The zero-order valence-electron chi connectivity index (χ0n) is 15.7. The molecule has 168 valence electrons. The van der Waals surface area contributed by atoms with Crippen LogP contribution < -0.4 is 0 Å². The van der Waals surface area contributed by atoms with Gasteiger partial charge in [-0.05, 0) is 42.8 Å². The maximum Gasteiger partial charge on any atom is 0.416 e. The highest BCUT2D eigenvalue weighted by atomic mass is 35.5. The number of aliphatic hydroxyl groups excluding tert-OH is 1. The number of alkyl halides is 3. The first kappa shape index (κ1) is 25.9. The van der Waals surface area contributed by atoms with E-state index in [4.69, 9.17) is 33.6 Å². The lowest BCUT2D eigenvalue weighted by atomic mass is 10.1. The van der Waals surface area contributed by atoms with E-state index in [0.717, 1.165) is 23.1 Å². The summed E-state index contributed by atoms with van der Waals surface area (Å²) in [5, 5.41) is 27.6. The quantitative estimate of drug-likeness (QED) is 0.535. The number of nitriles is 1. The Labute approximate surface area is 195 Å². The Morgan fingerprint density at radius 3 is 2.39 bits per heavy atom. The van der Waals surface area contributed by atoms with E-state index in [-0.39, 0.29) is 29.4 Å². The van der Waals surface area contributed by atoms with Gasteiger partial charge in [0.1, 0.15) is 22.7 Å². The van der Waals surface area contributed by atoms with Crippen LogP contribution in [0, 0.1) is 11.3 Å². The molecule has 1 aliphatic heterocycles. The minimum absolute atomic E-state index is 0.0343. The monoisotopic (exact) mass is 512 g/mol. The van der Waals surface area contributed by atoms with Crippen molar-refractivity contribution in [2.45, 2.75) is 28.0 Å². The molecule has 0 radical (unpaired) electrons. The summed E-state index contributed by atoms with van der Waals surface area (Å²) in [4.78, 5) is 0.816. The SMILES string of the molecule is N#Cc1ccc(S)cc1Cl.O=S(c1ccc(C(F)(F)F)cc1Cl)N1CCC(O)(CO)C1. The highest BCUT2D eigenvalue weighted by Crippen LogP contribution is 2.34. The highest BCUT2D eigenvalue weighted by molar-refractivity contribution is 7.82. The molecule has 1 saturated heterocycles. The van der Waals surface area contributed by atoms with Crippen molar-refractivity contribution in [2.75, 3.05) is 19.7 Å². The van der Waals surface area contributed by atoms with Crippen LogP contribution in [0.2, 0.25) is 10.0 Å². The molecule has 1 fully saturated rings. The second-order valence-electron chi connectivity index (χ2n) is 6.66. The van der Waals surface area contributed by atoms with Crippen LogP contribution in [0.3, 0.4) is 0 Å². The van der Waals surface area contributed by atoms with Gasteiger partial charge in [0.25, 0.3) is 0 Å². The number of benzene rings is 2. The van der Waals surface area contributed by atoms with Crippen LogP contribution in [-0.2, 0) is 17.2 Å². The number of aliphatic hydroxyl groups is 2. The van der Waals surface area contributed by atoms with Crippen LogP contribution in [0.5, 0.6) is 0 Å². The Hall–Kier alpha value is -1.32. The molecule has 0 amide bonds. The van der Waals surface area contributed by atoms with Gasteiger partial charge in [-0.25, -0.2) is 8.51 Å². The lowest BCUT2D eigenvalue weighted by Gasteiger charge is -2.20. The summed E-state index contributed by atoms with van der Waals surface area (Å²) in [5.41, 5.74) is -1.77. The first-order chi connectivity index (χ1) is 14.4. The second-order valence-corrected chi connectivity index (χ2v) is 9.45. The predicted molar refractivity (Wildman–Crippen MR) is 115 cm³/mol. The van der Waals surface area contributed by atoms with Crippen molar-refractivity contribution in [2.24, 2.45) is 0 Å². The summed E-state index contributed by atoms with van der Waals surface area (Å²) in [7, 11) is -1.79. The van der Waals surface area contributed by atoms with Gasteiger partial charge in [-0.15, -0.1) is 12.6 Å². The minimum Gasteiger partial charge on any atom is -0.393 e. The van der Waals surface area contributed by atoms with Gasteiger partial charge in [-0.3, -0.25) is 0 Å². The molecule has 0 saturated carbocycles. The molecule has 2 N–H and O–H groups in total. The molecular formula is C19H17Cl2F3N2O3S2. The third-order valence-corrected chi connectivity index (χ3v) is 6.88. The molecule has 1 aliphatic rings. The van der Waals surface area contributed by atoms with Crippen LogP contribution in [0.15, 0.2) is 46.2 Å². The number of halogens is 5. The zero-order valence-corrected chi connectivity index (χ0v) is 19.0. The molecule has 5 nitrogen and oxygen atoms in total. The number of rotatable bonds is 3. The summed E-state index contributed by atoms with van der Waals surface area (Å²) in [6.07, 6.45) is -4.29. The molecule has 12 heteroatoms. The van der Waals surface area contributed by atoms with Gasteiger partial charge in [-0.2, -0.15) is 18.4 Å². The van der Waals surface area contributed by atoms with E-state index in [1.807, 2.05) is 6.07 Å². The van der Waals surface area contributed by atoms with Crippen molar-refractivity contribution in [3.05, 3.63) is 57.6 Å². The summed E-state index contributed by atoms with van der Waals surface area (Å²) in [6, 6.07) is 9.58. The van der Waals surface area contributed by atoms with Crippen LogP contribution in [-0.4, -0.2) is 44.0 Å². The third kappa shape index (κ3) is 6.83. The Balaban J connectivity index is 0.000000285. The van der Waals surface area contributed by atoms with Crippen molar-refractivity contribution < 1.29 is 27.6 Å². The van der Waals surface area contributed by atoms with Gasteiger partial charge in [0.15, 0.2) is 0 Å². The Bertz CT molecular complexity index is 1020. The van der Waals surface area contributed by atoms with Gasteiger partial charge in [0.05, 0.1) is 32.7 Å². The van der Waals surface area contributed by atoms with Crippen LogP contribution in [0.25, 0.3) is 0 Å². The number of hydrogen-bond acceptors (Lipinski definition) is 5. The van der Waals surface area contributed by atoms with Crippen molar-refractivity contribution >= 4 is 46.8 Å². The molecule has 2 aromatic carbocycles. The minimum atomic E-state index is -4.52. The smallest absolute Gasteiger partial charge is 0.393 e. The summed E-state index contributed by atoms with van der Waals surface area (Å²) in [5.74, 6) is 0. The Kier molecular flexibility index (Phi) is 8.81. The van der Waals surface area contributed by atoms with Crippen molar-refractivity contribution in [1.29, 1.82) is 5.26 Å². The maximum atomic E-state index is 12.5. The normalized spacial score (nSPS) is 20.0. The van der Waals surface area contributed by atoms with E-state index in [9.17, 15) is 22.5 Å². The number of β-amino-alcohol motifs (C(OH)–C–C–N with tert-alkyl or cyclic N) is 1. The zero-order chi connectivity index (χ0) is 23.4. The number of hydrogen-bond donors (Lipinski definition) is 3. The van der Waals surface area contributed by atoms with E-state index in [1.165, 1.54) is 4.31 Å². The topological polar surface area (TPSA) is 84.6 Å². The number of thiol groups is 1. The van der Waals surface area contributed by atoms with Crippen molar-refractivity contribution in [3.63, 3.8) is 0 Å². The molecule has 1 heterocycles. The first-order valence-corrected chi connectivity index (χ1v) is 11.0. The molecule has 0 bridgehead atoms. The van der Waals surface area contributed by atoms with E-state index >= 15 is 0 Å². The molecule has 31 heavy (non-hydrogen) atoms. The summed E-state index contributed by atoms with van der Waals surface area (Å²) in [6.45, 7) is -0.254. The average Bonchev–Trinajstić information content (AvgIpc) is 3.10. The van der Waals surface area contributed by atoms with Crippen LogP contribution in [0.4, 0.5) is 13.2 Å². The molecule has 2 unspecified atom stereocenters. The molecular weight excluding hydrogens is 496 g/mol. The van der Waals surface area contributed by atoms with Crippen LogP contribution in [0.1, 0.15) is 17.5 Å². The maximum absolute atomic E-state index is 12.5. The van der Waals surface area contributed by atoms with E-state index in [2.05, 4.69) is 12.6 Å². The molecule has 3 rings (SSSR count). The Morgan fingerprint density at radius 1 is 1.23 bits per heavy atom. The molecule has 2 atom stereocenters.